The Balaban J connectivity index is 1.86. The largest absolute Gasteiger partial charge is 0.507 e. The lowest BCUT2D eigenvalue weighted by Crippen LogP contribution is -2.36. The third-order valence-electron chi connectivity index (χ3n) is 4.77. The van der Waals surface area contributed by atoms with E-state index in [1.807, 2.05) is 6.07 Å². The zero-order valence-electron chi connectivity index (χ0n) is 16.7. The molecule has 0 aliphatic heterocycles. The quantitative estimate of drug-likeness (QED) is 0.730. The SMILES string of the molecule is Cc1ccc(Pc2cc(C3C=CC=CC3)ccc2O)c(CNC(C)(C)C)c1. The zero-order chi connectivity index (χ0) is 19.4. The van der Waals surface area contributed by atoms with Crippen LogP contribution in [0.1, 0.15) is 49.8 Å². The van der Waals surface area contributed by atoms with Crippen molar-refractivity contribution in [1.29, 1.82) is 0 Å². The smallest absolute Gasteiger partial charge is 0.123 e. The fraction of sp³-hybridized carbons (Fsp3) is 0.333. The molecular weight excluding hydrogens is 349 g/mol. The van der Waals surface area contributed by atoms with Crippen LogP contribution < -0.4 is 15.9 Å². The summed E-state index contributed by atoms with van der Waals surface area (Å²) in [4.78, 5) is 0. The van der Waals surface area contributed by atoms with Gasteiger partial charge in [0.25, 0.3) is 0 Å². The van der Waals surface area contributed by atoms with Gasteiger partial charge in [-0.3, -0.25) is 0 Å². The summed E-state index contributed by atoms with van der Waals surface area (Å²) >= 11 is 0. The number of phenols is 1. The average Bonchev–Trinajstić information content (AvgIpc) is 2.63. The molecule has 0 saturated heterocycles. The van der Waals surface area contributed by atoms with E-state index < -0.39 is 0 Å². The maximum absolute atomic E-state index is 10.5. The minimum atomic E-state index is 0.0764. The maximum atomic E-state index is 10.5. The number of hydrogen-bond acceptors (Lipinski definition) is 2. The Hall–Kier alpha value is -1.89. The average molecular weight is 379 g/mol. The van der Waals surface area contributed by atoms with Crippen molar-refractivity contribution in [3.8, 4) is 5.75 Å². The highest BCUT2D eigenvalue weighted by Gasteiger charge is 2.14. The zero-order valence-corrected chi connectivity index (χ0v) is 17.7. The van der Waals surface area contributed by atoms with E-state index in [1.54, 1.807) is 0 Å². The molecule has 0 amide bonds. The van der Waals surface area contributed by atoms with Crippen LogP contribution in [0.4, 0.5) is 0 Å². The van der Waals surface area contributed by atoms with Gasteiger partial charge in [-0.05, 0) is 62.7 Å². The molecule has 2 N–H and O–H groups in total. The molecule has 0 aromatic heterocycles. The van der Waals surface area contributed by atoms with Crippen LogP contribution in [0.2, 0.25) is 0 Å². The fourth-order valence-corrected chi connectivity index (χ4v) is 4.44. The monoisotopic (exact) mass is 379 g/mol. The minimum Gasteiger partial charge on any atom is -0.507 e. The Morgan fingerprint density at radius 2 is 1.89 bits per heavy atom. The van der Waals surface area contributed by atoms with E-state index in [0.717, 1.165) is 18.3 Å². The molecule has 0 heterocycles. The van der Waals surface area contributed by atoms with E-state index in [2.05, 4.69) is 87.6 Å². The van der Waals surface area contributed by atoms with Gasteiger partial charge in [0.1, 0.15) is 5.75 Å². The molecule has 3 heteroatoms. The van der Waals surface area contributed by atoms with Gasteiger partial charge in [0.05, 0.1) is 0 Å². The molecule has 0 spiro atoms. The van der Waals surface area contributed by atoms with Crippen molar-refractivity contribution in [2.24, 2.45) is 0 Å². The summed E-state index contributed by atoms with van der Waals surface area (Å²) in [7, 11) is 0.443. The normalized spacial score (nSPS) is 17.1. The van der Waals surface area contributed by atoms with Crippen LogP contribution in [0, 0.1) is 6.92 Å². The second-order valence-corrected chi connectivity index (χ2v) is 9.65. The van der Waals surface area contributed by atoms with E-state index in [-0.39, 0.29) is 5.54 Å². The molecule has 2 aromatic rings. The second-order valence-electron chi connectivity index (χ2n) is 8.32. The van der Waals surface area contributed by atoms with E-state index in [4.69, 9.17) is 0 Å². The van der Waals surface area contributed by atoms with E-state index in [9.17, 15) is 5.11 Å². The highest BCUT2D eigenvalue weighted by molar-refractivity contribution is 7.55. The first-order chi connectivity index (χ1) is 12.8. The number of allylic oxidation sites excluding steroid dienone is 4. The van der Waals surface area contributed by atoms with Crippen molar-refractivity contribution >= 4 is 19.2 Å². The van der Waals surface area contributed by atoms with Crippen molar-refractivity contribution < 1.29 is 5.11 Å². The van der Waals surface area contributed by atoms with E-state index >= 15 is 0 Å². The first kappa shape index (κ1) is 19.9. The van der Waals surface area contributed by atoms with Gasteiger partial charge < -0.3 is 10.4 Å². The predicted octanol–water partition coefficient (Wildman–Crippen LogP) is 4.82. The van der Waals surface area contributed by atoms with Gasteiger partial charge in [-0.25, -0.2) is 0 Å². The Bertz CT molecular complexity index is 861. The van der Waals surface area contributed by atoms with Gasteiger partial charge in [0.2, 0.25) is 0 Å². The lowest BCUT2D eigenvalue weighted by Gasteiger charge is -2.22. The van der Waals surface area contributed by atoms with Crippen molar-refractivity contribution in [3.63, 3.8) is 0 Å². The molecule has 27 heavy (non-hydrogen) atoms. The Morgan fingerprint density at radius 3 is 2.59 bits per heavy atom. The lowest BCUT2D eigenvalue weighted by molar-refractivity contribution is 0.425. The van der Waals surface area contributed by atoms with Crippen LogP contribution in [0.5, 0.6) is 5.75 Å². The van der Waals surface area contributed by atoms with Crippen LogP contribution in [0.25, 0.3) is 0 Å². The molecule has 0 radical (unpaired) electrons. The van der Waals surface area contributed by atoms with Gasteiger partial charge in [-0.15, -0.1) is 0 Å². The van der Waals surface area contributed by atoms with E-state index in [0.29, 0.717) is 20.2 Å². The van der Waals surface area contributed by atoms with Gasteiger partial charge in [0.15, 0.2) is 0 Å². The Labute approximate surface area is 165 Å². The van der Waals surface area contributed by atoms with Crippen LogP contribution in [0.3, 0.4) is 0 Å². The van der Waals surface area contributed by atoms with Crippen LogP contribution in [0.15, 0.2) is 60.7 Å². The third-order valence-corrected chi connectivity index (χ3v) is 6.20. The summed E-state index contributed by atoms with van der Waals surface area (Å²) in [5, 5.41) is 16.4. The third kappa shape index (κ3) is 5.54. The van der Waals surface area contributed by atoms with Crippen LogP contribution >= 0.6 is 8.58 Å². The van der Waals surface area contributed by atoms with Crippen molar-refractivity contribution in [2.75, 3.05) is 0 Å². The number of aryl methyl sites for hydroxylation is 1. The molecule has 0 fully saturated rings. The number of rotatable bonds is 5. The van der Waals surface area contributed by atoms with Crippen molar-refractivity contribution in [1.82, 2.24) is 5.32 Å². The van der Waals surface area contributed by atoms with Gasteiger partial charge in [0, 0.05) is 23.3 Å². The number of nitrogens with one attached hydrogen (secondary N) is 1. The maximum Gasteiger partial charge on any atom is 0.123 e. The minimum absolute atomic E-state index is 0.0764. The molecule has 3 rings (SSSR count). The standard InChI is InChI=1S/C24H30NOP/c1-17-10-13-22(20(14-17)16-25-24(2,3)4)27-23-15-19(11-12-21(23)26)18-8-6-5-7-9-18/h5-8,10-15,18,25-27H,9,16H2,1-4H3. The highest BCUT2D eigenvalue weighted by Crippen LogP contribution is 2.28. The molecule has 2 nitrogen and oxygen atoms in total. The summed E-state index contributed by atoms with van der Waals surface area (Å²) in [6, 6.07) is 12.7. The molecule has 142 valence electrons. The number of hydrogen-bond donors (Lipinski definition) is 2. The molecule has 1 aliphatic rings. The molecular formula is C24H30NOP. The second kappa shape index (κ2) is 8.42. The molecule has 0 bridgehead atoms. The summed E-state index contributed by atoms with van der Waals surface area (Å²) in [5.74, 6) is 0.793. The van der Waals surface area contributed by atoms with Gasteiger partial charge in [-0.2, -0.15) is 0 Å². The Kier molecular flexibility index (Phi) is 6.19. The molecule has 1 aliphatic carbocycles. The molecule has 2 aromatic carbocycles. The van der Waals surface area contributed by atoms with Crippen molar-refractivity contribution in [3.05, 3.63) is 77.4 Å². The lowest BCUT2D eigenvalue weighted by atomic mass is 9.93. The summed E-state index contributed by atoms with van der Waals surface area (Å²) < 4.78 is 0. The number of benzene rings is 2. The molecule has 0 saturated carbocycles. The number of phenolic OH excluding ortho intramolecular Hbond substituents is 1. The summed E-state index contributed by atoms with van der Waals surface area (Å²) in [6.45, 7) is 9.53. The van der Waals surface area contributed by atoms with Gasteiger partial charge in [-0.1, -0.05) is 62.7 Å². The van der Waals surface area contributed by atoms with Crippen LogP contribution in [-0.4, -0.2) is 10.6 Å². The summed E-state index contributed by atoms with van der Waals surface area (Å²) in [5.41, 5.74) is 3.94. The summed E-state index contributed by atoms with van der Waals surface area (Å²) in [6.07, 6.45) is 9.67. The Morgan fingerprint density at radius 1 is 1.07 bits per heavy atom. The first-order valence-electron chi connectivity index (χ1n) is 9.60. The van der Waals surface area contributed by atoms with Crippen molar-refractivity contribution in [2.45, 2.75) is 52.1 Å². The van der Waals surface area contributed by atoms with Gasteiger partial charge >= 0.3 is 0 Å². The molecule has 2 atom stereocenters. The number of aromatic hydroxyl groups is 1. The fourth-order valence-electron chi connectivity index (χ4n) is 3.21. The van der Waals surface area contributed by atoms with Crippen LogP contribution in [-0.2, 0) is 6.54 Å². The predicted molar refractivity (Wildman–Crippen MR) is 119 cm³/mol. The molecule has 2 unspecified atom stereocenters. The van der Waals surface area contributed by atoms with E-state index in [1.165, 1.54) is 22.0 Å². The first-order valence-corrected chi connectivity index (χ1v) is 10.6. The topological polar surface area (TPSA) is 32.3 Å². The highest BCUT2D eigenvalue weighted by atomic mass is 31.1.